The first kappa shape index (κ1) is 19.8. The average Bonchev–Trinajstić information content (AvgIpc) is 3.21. The third-order valence-electron chi connectivity index (χ3n) is 4.51. The first-order valence-electron chi connectivity index (χ1n) is 9.42. The van der Waals surface area contributed by atoms with Crippen molar-refractivity contribution in [1.29, 1.82) is 0 Å². The second-order valence-electron chi connectivity index (χ2n) is 6.81. The fourth-order valence-corrected chi connectivity index (χ4v) is 4.56. The molecule has 0 saturated heterocycles. The van der Waals surface area contributed by atoms with Crippen molar-refractivity contribution in [3.05, 3.63) is 59.1 Å². The van der Waals surface area contributed by atoms with Crippen LogP contribution in [-0.2, 0) is 10.5 Å². The maximum atomic E-state index is 12.5. The summed E-state index contributed by atoms with van der Waals surface area (Å²) in [5, 5.41) is 5.82. The van der Waals surface area contributed by atoms with Gasteiger partial charge in [0.05, 0.1) is 10.9 Å². The zero-order valence-corrected chi connectivity index (χ0v) is 17.9. The quantitative estimate of drug-likeness (QED) is 0.591. The van der Waals surface area contributed by atoms with E-state index in [1.807, 2.05) is 19.1 Å². The number of aromatic nitrogens is 1. The molecule has 0 bridgehead atoms. The Morgan fingerprint density at radius 1 is 1.17 bits per heavy atom. The molecule has 0 saturated carbocycles. The molecule has 1 unspecified atom stereocenters. The van der Waals surface area contributed by atoms with E-state index in [2.05, 4.69) is 41.9 Å². The second kappa shape index (κ2) is 8.88. The van der Waals surface area contributed by atoms with Crippen LogP contribution in [0.4, 0.5) is 5.69 Å². The van der Waals surface area contributed by atoms with Gasteiger partial charge in [-0.05, 0) is 26.0 Å². The van der Waals surface area contributed by atoms with E-state index in [9.17, 15) is 4.79 Å². The minimum absolute atomic E-state index is 0.0411. The fraction of sp³-hybridized carbons (Fsp3) is 0.273. The topological polar surface area (TPSA) is 60.5 Å². The summed E-state index contributed by atoms with van der Waals surface area (Å²) in [6.45, 7) is 5.06. The van der Waals surface area contributed by atoms with Crippen LogP contribution in [0.5, 0.6) is 11.5 Å². The first-order chi connectivity index (χ1) is 14.1. The normalized spacial score (nSPS) is 13.7. The number of amides is 1. The van der Waals surface area contributed by atoms with Gasteiger partial charge in [0.2, 0.25) is 5.91 Å². The number of nitrogens with one attached hydrogen (secondary N) is 1. The Morgan fingerprint density at radius 2 is 1.93 bits per heavy atom. The van der Waals surface area contributed by atoms with E-state index in [0.29, 0.717) is 36.2 Å². The van der Waals surface area contributed by atoms with E-state index in [4.69, 9.17) is 14.5 Å². The Labute approximate surface area is 178 Å². The maximum absolute atomic E-state index is 12.5. The average molecular weight is 427 g/mol. The van der Waals surface area contributed by atoms with Crippen molar-refractivity contribution in [2.24, 2.45) is 0 Å². The molecule has 1 N–H and O–H groups in total. The molecule has 1 aliphatic heterocycles. The molecule has 150 valence electrons. The lowest BCUT2D eigenvalue weighted by atomic mass is 10.2. The van der Waals surface area contributed by atoms with Gasteiger partial charge in [0.1, 0.15) is 18.2 Å². The molecule has 1 amide bonds. The number of rotatable bonds is 6. The largest absolute Gasteiger partial charge is 0.486 e. The maximum Gasteiger partial charge on any atom is 0.237 e. The van der Waals surface area contributed by atoms with Gasteiger partial charge < -0.3 is 14.8 Å². The molecule has 3 aromatic rings. The lowest BCUT2D eigenvalue weighted by Crippen LogP contribution is -2.23. The number of carbonyl (C=O) groups excluding carboxylic acids is 1. The Morgan fingerprint density at radius 3 is 2.72 bits per heavy atom. The van der Waals surface area contributed by atoms with Gasteiger partial charge in [-0.25, -0.2) is 4.98 Å². The predicted octanol–water partition coefficient (Wildman–Crippen LogP) is 5.15. The number of thioether (sulfide) groups is 1. The monoisotopic (exact) mass is 426 g/mol. The number of ether oxygens (including phenoxy) is 2. The van der Waals surface area contributed by atoms with Gasteiger partial charge >= 0.3 is 0 Å². The van der Waals surface area contributed by atoms with Crippen LogP contribution in [0, 0.1) is 6.92 Å². The highest BCUT2D eigenvalue weighted by Gasteiger charge is 2.17. The number of hydrogen-bond acceptors (Lipinski definition) is 6. The molecular weight excluding hydrogens is 404 g/mol. The van der Waals surface area contributed by atoms with Crippen LogP contribution in [0.1, 0.15) is 18.2 Å². The highest BCUT2D eigenvalue weighted by atomic mass is 32.2. The molecule has 5 nitrogen and oxygen atoms in total. The Hall–Kier alpha value is -2.51. The molecule has 1 atom stereocenters. The van der Waals surface area contributed by atoms with Crippen LogP contribution in [0.25, 0.3) is 10.6 Å². The van der Waals surface area contributed by atoms with Crippen molar-refractivity contribution in [3.8, 4) is 22.1 Å². The van der Waals surface area contributed by atoms with Gasteiger partial charge in [-0.2, -0.15) is 0 Å². The smallest absolute Gasteiger partial charge is 0.237 e. The zero-order valence-electron chi connectivity index (χ0n) is 16.3. The van der Waals surface area contributed by atoms with Crippen LogP contribution in [0.3, 0.4) is 0 Å². The van der Waals surface area contributed by atoms with Crippen molar-refractivity contribution in [1.82, 2.24) is 4.98 Å². The molecular formula is C22H22N2O3S2. The lowest BCUT2D eigenvalue weighted by molar-refractivity contribution is -0.115. The van der Waals surface area contributed by atoms with Gasteiger partial charge in [-0.15, -0.1) is 23.1 Å². The van der Waals surface area contributed by atoms with Crippen LogP contribution in [0.2, 0.25) is 0 Å². The van der Waals surface area contributed by atoms with Crippen molar-refractivity contribution < 1.29 is 14.3 Å². The van der Waals surface area contributed by atoms with Crippen LogP contribution >= 0.6 is 23.1 Å². The number of fused-ring (bicyclic) bond motifs is 1. The number of thiazole rings is 1. The summed E-state index contributed by atoms with van der Waals surface area (Å²) in [7, 11) is 0. The van der Waals surface area contributed by atoms with E-state index in [-0.39, 0.29) is 11.2 Å². The summed E-state index contributed by atoms with van der Waals surface area (Å²) < 4.78 is 11.1. The van der Waals surface area contributed by atoms with Crippen molar-refractivity contribution >= 4 is 34.7 Å². The van der Waals surface area contributed by atoms with E-state index in [1.165, 1.54) is 5.56 Å². The van der Waals surface area contributed by atoms with Gasteiger partial charge in [0, 0.05) is 28.5 Å². The number of benzene rings is 2. The molecule has 1 aliphatic rings. The molecule has 4 rings (SSSR count). The molecule has 0 aliphatic carbocycles. The molecule has 0 fully saturated rings. The van der Waals surface area contributed by atoms with Crippen molar-refractivity contribution in [2.75, 3.05) is 18.5 Å². The lowest BCUT2D eigenvalue weighted by Gasteiger charge is -2.19. The van der Waals surface area contributed by atoms with Gasteiger partial charge in [0.15, 0.2) is 11.5 Å². The van der Waals surface area contributed by atoms with Gasteiger partial charge in [-0.1, -0.05) is 29.8 Å². The van der Waals surface area contributed by atoms with Gasteiger partial charge in [0.25, 0.3) is 0 Å². The van der Waals surface area contributed by atoms with E-state index in [1.54, 1.807) is 29.2 Å². The molecule has 7 heteroatoms. The van der Waals surface area contributed by atoms with Crippen LogP contribution in [0.15, 0.2) is 47.8 Å². The minimum atomic E-state index is -0.201. The summed E-state index contributed by atoms with van der Waals surface area (Å²) in [6, 6.07) is 13.8. The van der Waals surface area contributed by atoms with Gasteiger partial charge in [-0.3, -0.25) is 4.79 Å². The van der Waals surface area contributed by atoms with Crippen LogP contribution < -0.4 is 14.8 Å². The number of hydrogen-bond donors (Lipinski definition) is 1. The summed E-state index contributed by atoms with van der Waals surface area (Å²) in [6.07, 6.45) is 0. The van der Waals surface area contributed by atoms with Crippen molar-refractivity contribution in [2.45, 2.75) is 24.9 Å². The molecule has 0 radical (unpaired) electrons. The summed E-state index contributed by atoms with van der Waals surface area (Å²) >= 11 is 3.21. The predicted molar refractivity (Wildman–Crippen MR) is 119 cm³/mol. The Kier molecular flexibility index (Phi) is 6.06. The first-order valence-corrected chi connectivity index (χ1v) is 11.3. The Balaban J connectivity index is 1.32. The number of carbonyl (C=O) groups is 1. The van der Waals surface area contributed by atoms with E-state index < -0.39 is 0 Å². The van der Waals surface area contributed by atoms with Crippen LogP contribution in [-0.4, -0.2) is 29.4 Å². The SMILES string of the molecule is Cc1ccc(-c2nc(CSC(C)C(=O)Nc3ccc4c(c3)OCCO4)cs2)cc1. The highest BCUT2D eigenvalue weighted by molar-refractivity contribution is 7.99. The van der Waals surface area contributed by atoms with E-state index in [0.717, 1.165) is 16.3 Å². The third-order valence-corrected chi connectivity index (χ3v) is 6.63. The number of aryl methyl sites for hydroxylation is 1. The molecule has 29 heavy (non-hydrogen) atoms. The van der Waals surface area contributed by atoms with Crippen molar-refractivity contribution in [3.63, 3.8) is 0 Å². The minimum Gasteiger partial charge on any atom is -0.486 e. The number of anilines is 1. The molecule has 1 aromatic heterocycles. The fourth-order valence-electron chi connectivity index (χ4n) is 2.85. The summed E-state index contributed by atoms with van der Waals surface area (Å²) in [5.41, 5.74) is 4.07. The highest BCUT2D eigenvalue weighted by Crippen LogP contribution is 2.33. The Bertz CT molecular complexity index is 1000. The third kappa shape index (κ3) is 4.92. The molecule has 2 aromatic carbocycles. The second-order valence-corrected chi connectivity index (χ2v) is 9.00. The van der Waals surface area contributed by atoms with E-state index >= 15 is 0 Å². The molecule has 0 spiro atoms. The zero-order chi connectivity index (χ0) is 20.2. The summed E-state index contributed by atoms with van der Waals surface area (Å²) in [5.74, 6) is 2.03. The standard InChI is InChI=1S/C22H22N2O3S2/c1-14-3-5-16(6-4-14)22-24-18(13-29-22)12-28-15(2)21(25)23-17-7-8-19-20(11-17)27-10-9-26-19/h3-8,11,13,15H,9-10,12H2,1-2H3,(H,23,25). The molecule has 2 heterocycles. The number of nitrogens with zero attached hydrogens (tertiary/aromatic N) is 1. The summed E-state index contributed by atoms with van der Waals surface area (Å²) in [4.78, 5) is 17.2.